The van der Waals surface area contributed by atoms with Crippen LogP contribution in [0.4, 0.5) is 10.1 Å². The summed E-state index contributed by atoms with van der Waals surface area (Å²) in [6.07, 6.45) is 0. The molecule has 0 amide bonds. The SMILES string of the molecule is COC(=O)c1cccc(CSc2ccc(N)cc2F)c1. The molecule has 0 aliphatic heterocycles. The van der Waals surface area contributed by atoms with Crippen LogP contribution in [0.25, 0.3) is 0 Å². The Labute approximate surface area is 120 Å². The molecule has 0 heterocycles. The maximum Gasteiger partial charge on any atom is 0.337 e. The van der Waals surface area contributed by atoms with Crippen LogP contribution in [0.1, 0.15) is 15.9 Å². The van der Waals surface area contributed by atoms with Crippen LogP contribution in [0, 0.1) is 5.82 Å². The number of thioether (sulfide) groups is 1. The molecule has 0 atom stereocenters. The molecule has 0 radical (unpaired) electrons. The lowest BCUT2D eigenvalue weighted by molar-refractivity contribution is 0.0600. The van der Waals surface area contributed by atoms with Gasteiger partial charge in [0.05, 0.1) is 12.7 Å². The Kier molecular flexibility index (Phi) is 4.63. The molecule has 0 saturated heterocycles. The molecule has 2 aromatic carbocycles. The van der Waals surface area contributed by atoms with Gasteiger partial charge in [-0.1, -0.05) is 12.1 Å². The first-order valence-electron chi connectivity index (χ1n) is 5.95. The van der Waals surface area contributed by atoms with Crippen molar-refractivity contribution < 1.29 is 13.9 Å². The Morgan fingerprint density at radius 3 is 2.80 bits per heavy atom. The average Bonchev–Trinajstić information content (AvgIpc) is 2.46. The number of nitrogens with two attached hydrogens (primary N) is 1. The second-order valence-corrected chi connectivity index (χ2v) is 5.19. The number of hydrogen-bond acceptors (Lipinski definition) is 4. The lowest BCUT2D eigenvalue weighted by Crippen LogP contribution is -2.01. The summed E-state index contributed by atoms with van der Waals surface area (Å²) >= 11 is 1.35. The van der Waals surface area contributed by atoms with Crippen molar-refractivity contribution in [2.75, 3.05) is 12.8 Å². The normalized spacial score (nSPS) is 10.3. The lowest BCUT2D eigenvalue weighted by atomic mass is 10.1. The molecular formula is C15H14FNO2S. The van der Waals surface area contributed by atoms with Crippen LogP contribution < -0.4 is 5.73 Å². The number of rotatable bonds is 4. The second-order valence-electron chi connectivity index (χ2n) is 4.17. The zero-order chi connectivity index (χ0) is 14.5. The van der Waals surface area contributed by atoms with Gasteiger partial charge in [0, 0.05) is 16.3 Å². The third kappa shape index (κ3) is 3.51. The zero-order valence-electron chi connectivity index (χ0n) is 10.9. The van der Waals surface area contributed by atoms with Crippen LogP contribution >= 0.6 is 11.8 Å². The molecule has 5 heteroatoms. The van der Waals surface area contributed by atoms with E-state index in [0.717, 1.165) is 5.56 Å². The van der Waals surface area contributed by atoms with Crippen molar-refractivity contribution >= 4 is 23.4 Å². The molecule has 0 fully saturated rings. The largest absolute Gasteiger partial charge is 0.465 e. The van der Waals surface area contributed by atoms with Crippen molar-refractivity contribution in [3.63, 3.8) is 0 Å². The molecule has 0 aliphatic rings. The van der Waals surface area contributed by atoms with Gasteiger partial charge in [-0.2, -0.15) is 0 Å². The molecule has 20 heavy (non-hydrogen) atoms. The van der Waals surface area contributed by atoms with Gasteiger partial charge in [0.1, 0.15) is 5.82 Å². The Hall–Kier alpha value is -2.01. The van der Waals surface area contributed by atoms with E-state index in [1.54, 1.807) is 30.3 Å². The molecular weight excluding hydrogens is 277 g/mol. The van der Waals surface area contributed by atoms with Crippen LogP contribution in [0.5, 0.6) is 0 Å². The van der Waals surface area contributed by atoms with Gasteiger partial charge in [-0.25, -0.2) is 9.18 Å². The highest BCUT2D eigenvalue weighted by Crippen LogP contribution is 2.27. The molecule has 104 valence electrons. The predicted molar refractivity (Wildman–Crippen MR) is 78.2 cm³/mol. The number of carbonyl (C=O) groups is 1. The van der Waals surface area contributed by atoms with Gasteiger partial charge < -0.3 is 10.5 Å². The van der Waals surface area contributed by atoms with E-state index < -0.39 is 0 Å². The summed E-state index contributed by atoms with van der Waals surface area (Å²) in [6, 6.07) is 11.7. The molecule has 3 nitrogen and oxygen atoms in total. The van der Waals surface area contributed by atoms with Gasteiger partial charge in [-0.3, -0.25) is 0 Å². The number of nitrogen functional groups attached to an aromatic ring is 1. The number of halogens is 1. The Morgan fingerprint density at radius 1 is 1.30 bits per heavy atom. The summed E-state index contributed by atoms with van der Waals surface area (Å²) in [5.74, 6) is -0.152. The minimum absolute atomic E-state index is 0.334. The van der Waals surface area contributed by atoms with Crippen LogP contribution in [0.15, 0.2) is 47.4 Å². The fourth-order valence-corrected chi connectivity index (χ4v) is 2.56. The van der Waals surface area contributed by atoms with E-state index in [0.29, 0.717) is 21.9 Å². The highest BCUT2D eigenvalue weighted by molar-refractivity contribution is 7.98. The number of benzene rings is 2. The van der Waals surface area contributed by atoms with E-state index in [1.807, 2.05) is 6.07 Å². The third-order valence-electron chi connectivity index (χ3n) is 2.70. The maximum atomic E-state index is 13.6. The summed E-state index contributed by atoms with van der Waals surface area (Å²) in [5.41, 5.74) is 7.32. The van der Waals surface area contributed by atoms with Crippen molar-refractivity contribution in [2.45, 2.75) is 10.6 Å². The summed E-state index contributed by atoms with van der Waals surface area (Å²) < 4.78 is 18.3. The van der Waals surface area contributed by atoms with Gasteiger partial charge in [0.2, 0.25) is 0 Å². The molecule has 2 N–H and O–H groups in total. The molecule has 0 aliphatic carbocycles. The summed E-state index contributed by atoms with van der Waals surface area (Å²) in [5, 5.41) is 0. The molecule has 0 bridgehead atoms. The molecule has 0 saturated carbocycles. The fraction of sp³-hybridized carbons (Fsp3) is 0.133. The number of carbonyl (C=O) groups excluding carboxylic acids is 1. The molecule has 0 aromatic heterocycles. The van der Waals surface area contributed by atoms with Gasteiger partial charge in [-0.05, 0) is 35.9 Å². The van der Waals surface area contributed by atoms with E-state index in [-0.39, 0.29) is 11.8 Å². The average molecular weight is 291 g/mol. The van der Waals surface area contributed by atoms with E-state index in [4.69, 9.17) is 5.73 Å². The quantitative estimate of drug-likeness (QED) is 0.532. The Morgan fingerprint density at radius 2 is 2.10 bits per heavy atom. The van der Waals surface area contributed by atoms with Crippen LogP contribution in [-0.4, -0.2) is 13.1 Å². The second kappa shape index (κ2) is 6.43. The summed E-state index contributed by atoms with van der Waals surface area (Å²) in [7, 11) is 1.34. The topological polar surface area (TPSA) is 52.3 Å². The van der Waals surface area contributed by atoms with Gasteiger partial charge in [0.25, 0.3) is 0 Å². The standard InChI is InChI=1S/C15H14FNO2S/c1-19-15(18)11-4-2-3-10(7-11)9-20-14-6-5-12(17)8-13(14)16/h2-8H,9,17H2,1H3. The van der Waals surface area contributed by atoms with E-state index >= 15 is 0 Å². The van der Waals surface area contributed by atoms with Gasteiger partial charge >= 0.3 is 5.97 Å². The van der Waals surface area contributed by atoms with Crippen LogP contribution in [-0.2, 0) is 10.5 Å². The number of methoxy groups -OCH3 is 1. The van der Waals surface area contributed by atoms with Crippen molar-refractivity contribution in [3.05, 3.63) is 59.4 Å². The number of anilines is 1. The molecule has 2 aromatic rings. The first kappa shape index (κ1) is 14.4. The Balaban J connectivity index is 2.09. The van der Waals surface area contributed by atoms with Crippen molar-refractivity contribution in [3.8, 4) is 0 Å². The summed E-state index contributed by atoms with van der Waals surface area (Å²) in [4.78, 5) is 12.0. The number of hydrogen-bond donors (Lipinski definition) is 1. The molecule has 0 spiro atoms. The third-order valence-corrected chi connectivity index (χ3v) is 3.82. The van der Waals surface area contributed by atoms with E-state index in [9.17, 15) is 9.18 Å². The Bertz CT molecular complexity index is 631. The lowest BCUT2D eigenvalue weighted by Gasteiger charge is -2.06. The van der Waals surface area contributed by atoms with Crippen molar-refractivity contribution in [1.82, 2.24) is 0 Å². The van der Waals surface area contributed by atoms with Crippen LogP contribution in [0.2, 0.25) is 0 Å². The molecule has 2 rings (SSSR count). The smallest absolute Gasteiger partial charge is 0.337 e. The van der Waals surface area contributed by atoms with Crippen molar-refractivity contribution in [1.29, 1.82) is 0 Å². The molecule has 0 unspecified atom stereocenters. The summed E-state index contributed by atoms with van der Waals surface area (Å²) in [6.45, 7) is 0. The van der Waals surface area contributed by atoms with Gasteiger partial charge in [0.15, 0.2) is 0 Å². The minimum Gasteiger partial charge on any atom is -0.465 e. The maximum absolute atomic E-state index is 13.6. The monoisotopic (exact) mass is 291 g/mol. The fourth-order valence-electron chi connectivity index (χ4n) is 1.70. The van der Waals surface area contributed by atoms with E-state index in [2.05, 4.69) is 4.74 Å². The first-order chi connectivity index (χ1) is 9.60. The minimum atomic E-state index is -0.379. The van der Waals surface area contributed by atoms with Crippen molar-refractivity contribution in [2.24, 2.45) is 0 Å². The van der Waals surface area contributed by atoms with Crippen LogP contribution in [0.3, 0.4) is 0 Å². The zero-order valence-corrected chi connectivity index (χ0v) is 11.7. The van der Waals surface area contributed by atoms with Gasteiger partial charge in [-0.15, -0.1) is 11.8 Å². The number of esters is 1. The number of ether oxygens (including phenoxy) is 1. The predicted octanol–water partition coefficient (Wildman–Crippen LogP) is 3.49. The first-order valence-corrected chi connectivity index (χ1v) is 6.94. The highest BCUT2D eigenvalue weighted by Gasteiger charge is 2.07. The highest BCUT2D eigenvalue weighted by atomic mass is 32.2. The van der Waals surface area contributed by atoms with E-state index in [1.165, 1.54) is 24.9 Å².